The van der Waals surface area contributed by atoms with E-state index < -0.39 is 0 Å². The van der Waals surface area contributed by atoms with Crippen molar-refractivity contribution >= 4 is 18.3 Å². The molecule has 2 aromatic rings. The highest BCUT2D eigenvalue weighted by atomic mass is 35.5. The fourth-order valence-corrected chi connectivity index (χ4v) is 2.02. The molecule has 1 amide bonds. The van der Waals surface area contributed by atoms with E-state index in [-0.39, 0.29) is 18.3 Å². The molecule has 0 fully saturated rings. The van der Waals surface area contributed by atoms with E-state index >= 15 is 0 Å². The van der Waals surface area contributed by atoms with E-state index in [4.69, 9.17) is 0 Å². The summed E-state index contributed by atoms with van der Waals surface area (Å²) in [7, 11) is 3.63. The maximum Gasteiger partial charge on any atom is 0.276 e. The number of aryl methyl sites for hydroxylation is 1. The molecule has 0 radical (unpaired) electrons. The van der Waals surface area contributed by atoms with Gasteiger partial charge in [0.2, 0.25) is 0 Å². The highest BCUT2D eigenvalue weighted by Crippen LogP contribution is 2.14. The summed E-state index contributed by atoms with van der Waals surface area (Å²) in [6, 6.07) is 7.96. The molecule has 0 aliphatic heterocycles. The van der Waals surface area contributed by atoms with Crippen molar-refractivity contribution in [3.63, 3.8) is 0 Å². The average Bonchev–Trinajstić information content (AvgIpc) is 2.86. The van der Waals surface area contributed by atoms with Crippen molar-refractivity contribution in [1.82, 2.24) is 25.2 Å². The molecule has 0 atom stereocenters. The Morgan fingerprint density at radius 2 is 1.91 bits per heavy atom. The Balaban J connectivity index is 0.00000242. The van der Waals surface area contributed by atoms with Crippen LogP contribution in [0.1, 0.15) is 21.7 Å². The molecule has 0 spiro atoms. The third kappa shape index (κ3) is 3.84. The lowest BCUT2D eigenvalue weighted by Crippen LogP contribution is -2.33. The molecule has 0 aliphatic rings. The minimum Gasteiger partial charge on any atom is -0.339 e. The highest BCUT2D eigenvalue weighted by Gasteiger charge is 2.20. The highest BCUT2D eigenvalue weighted by molar-refractivity contribution is 5.93. The van der Waals surface area contributed by atoms with Gasteiger partial charge >= 0.3 is 0 Å². The zero-order valence-corrected chi connectivity index (χ0v) is 14.1. The van der Waals surface area contributed by atoms with E-state index in [0.717, 1.165) is 17.9 Å². The number of rotatable bonds is 5. The van der Waals surface area contributed by atoms with Crippen LogP contribution in [0.25, 0.3) is 5.69 Å². The summed E-state index contributed by atoms with van der Waals surface area (Å²) < 4.78 is 1.69. The molecule has 7 heteroatoms. The van der Waals surface area contributed by atoms with Crippen molar-refractivity contribution in [1.29, 1.82) is 0 Å². The average molecular weight is 324 g/mol. The fraction of sp³-hybridized carbons (Fsp3) is 0.400. The van der Waals surface area contributed by atoms with E-state index in [1.807, 2.05) is 45.2 Å². The van der Waals surface area contributed by atoms with Crippen molar-refractivity contribution in [2.45, 2.75) is 13.8 Å². The summed E-state index contributed by atoms with van der Waals surface area (Å²) in [5, 5.41) is 11.2. The number of hydrogen-bond donors (Lipinski definition) is 1. The fourth-order valence-electron chi connectivity index (χ4n) is 2.02. The minimum atomic E-state index is -0.110. The van der Waals surface area contributed by atoms with Gasteiger partial charge in [0.25, 0.3) is 5.91 Å². The Morgan fingerprint density at radius 1 is 1.27 bits per heavy atom. The smallest absolute Gasteiger partial charge is 0.276 e. The van der Waals surface area contributed by atoms with Gasteiger partial charge in [0, 0.05) is 20.1 Å². The molecule has 1 N–H and O–H groups in total. The van der Waals surface area contributed by atoms with Gasteiger partial charge in [-0.05, 0) is 33.0 Å². The first kappa shape index (κ1) is 18.1. The second-order valence-electron chi connectivity index (χ2n) is 5.10. The van der Waals surface area contributed by atoms with E-state index in [2.05, 4.69) is 15.6 Å². The maximum atomic E-state index is 12.4. The van der Waals surface area contributed by atoms with Crippen molar-refractivity contribution < 1.29 is 4.79 Å². The van der Waals surface area contributed by atoms with Gasteiger partial charge in [-0.3, -0.25) is 4.79 Å². The van der Waals surface area contributed by atoms with Gasteiger partial charge in [0.05, 0.1) is 11.4 Å². The molecule has 22 heavy (non-hydrogen) atoms. The molecular weight excluding hydrogens is 302 g/mol. The quantitative estimate of drug-likeness (QED) is 0.907. The van der Waals surface area contributed by atoms with Crippen LogP contribution in [0.5, 0.6) is 0 Å². The van der Waals surface area contributed by atoms with Crippen LogP contribution in [-0.2, 0) is 0 Å². The van der Waals surface area contributed by atoms with E-state index in [9.17, 15) is 4.79 Å². The predicted octanol–water partition coefficient (Wildman–Crippen LogP) is 1.60. The first-order chi connectivity index (χ1) is 10.0. The summed E-state index contributed by atoms with van der Waals surface area (Å²) in [6.45, 7) is 5.27. The molecule has 120 valence electrons. The van der Waals surface area contributed by atoms with Gasteiger partial charge in [-0.25, -0.2) is 4.68 Å². The number of carbonyl (C=O) groups excluding carboxylic acids is 1. The third-order valence-electron chi connectivity index (χ3n) is 3.42. The Bertz CT molecular complexity index is 623. The minimum absolute atomic E-state index is 0. The first-order valence-corrected chi connectivity index (χ1v) is 6.94. The number of amides is 1. The number of carbonyl (C=O) groups is 1. The molecule has 0 saturated carbocycles. The third-order valence-corrected chi connectivity index (χ3v) is 3.42. The number of benzene rings is 1. The van der Waals surface area contributed by atoms with Crippen molar-refractivity contribution in [3.8, 4) is 5.69 Å². The molecule has 1 heterocycles. The van der Waals surface area contributed by atoms with Crippen LogP contribution in [0.2, 0.25) is 0 Å². The Kier molecular flexibility index (Phi) is 6.52. The standard InChI is InChI=1S/C15H21N5O.ClH/c1-11-5-7-13(8-6-11)20-12(2)14(17-18-20)15(21)19(4)10-9-16-3;/h5-8,16H,9-10H2,1-4H3;1H. The molecule has 1 aromatic carbocycles. The van der Waals surface area contributed by atoms with Crippen LogP contribution < -0.4 is 5.32 Å². The van der Waals surface area contributed by atoms with E-state index in [0.29, 0.717) is 12.2 Å². The number of nitrogens with zero attached hydrogens (tertiary/aromatic N) is 4. The van der Waals surface area contributed by atoms with Crippen LogP contribution in [0.15, 0.2) is 24.3 Å². The van der Waals surface area contributed by atoms with Crippen molar-refractivity contribution in [2.24, 2.45) is 0 Å². The van der Waals surface area contributed by atoms with Crippen LogP contribution in [0, 0.1) is 13.8 Å². The Morgan fingerprint density at radius 3 is 2.50 bits per heavy atom. The lowest BCUT2D eigenvalue weighted by molar-refractivity contribution is 0.0790. The molecule has 2 rings (SSSR count). The molecule has 0 unspecified atom stereocenters. The maximum absolute atomic E-state index is 12.4. The zero-order chi connectivity index (χ0) is 15.4. The number of aromatic nitrogens is 3. The molecule has 0 saturated heterocycles. The number of hydrogen-bond acceptors (Lipinski definition) is 4. The van der Waals surface area contributed by atoms with Crippen LogP contribution in [0.4, 0.5) is 0 Å². The van der Waals surface area contributed by atoms with Crippen LogP contribution in [-0.4, -0.2) is 53.0 Å². The molecule has 1 aromatic heterocycles. The van der Waals surface area contributed by atoms with E-state index in [1.54, 1.807) is 16.6 Å². The summed E-state index contributed by atoms with van der Waals surface area (Å²) in [5.41, 5.74) is 3.23. The topological polar surface area (TPSA) is 63.1 Å². The largest absolute Gasteiger partial charge is 0.339 e. The molecule has 0 bridgehead atoms. The summed E-state index contributed by atoms with van der Waals surface area (Å²) in [6.07, 6.45) is 0. The summed E-state index contributed by atoms with van der Waals surface area (Å²) in [5.74, 6) is -0.110. The lowest BCUT2D eigenvalue weighted by Gasteiger charge is -2.15. The van der Waals surface area contributed by atoms with Gasteiger partial charge in [-0.2, -0.15) is 0 Å². The SMILES string of the molecule is CNCCN(C)C(=O)c1nnn(-c2ccc(C)cc2)c1C.Cl. The predicted molar refractivity (Wildman–Crippen MR) is 89.0 cm³/mol. The normalized spacial score (nSPS) is 10.2. The Labute approximate surface area is 136 Å². The van der Waals surface area contributed by atoms with Crippen molar-refractivity contribution in [2.75, 3.05) is 27.2 Å². The second-order valence-corrected chi connectivity index (χ2v) is 5.10. The van der Waals surface area contributed by atoms with Gasteiger partial charge in [-0.15, -0.1) is 17.5 Å². The van der Waals surface area contributed by atoms with Gasteiger partial charge in [0.1, 0.15) is 0 Å². The molecular formula is C15H22ClN5O. The van der Waals surface area contributed by atoms with Crippen molar-refractivity contribution in [3.05, 3.63) is 41.2 Å². The van der Waals surface area contributed by atoms with E-state index in [1.165, 1.54) is 5.56 Å². The summed E-state index contributed by atoms with van der Waals surface area (Å²) >= 11 is 0. The zero-order valence-electron chi connectivity index (χ0n) is 13.3. The summed E-state index contributed by atoms with van der Waals surface area (Å²) in [4.78, 5) is 14.0. The lowest BCUT2D eigenvalue weighted by atomic mass is 10.2. The molecule has 0 aliphatic carbocycles. The first-order valence-electron chi connectivity index (χ1n) is 6.94. The number of nitrogens with one attached hydrogen (secondary N) is 1. The van der Waals surface area contributed by atoms with Crippen LogP contribution >= 0.6 is 12.4 Å². The second kappa shape index (κ2) is 7.91. The van der Waals surface area contributed by atoms with Crippen LogP contribution in [0.3, 0.4) is 0 Å². The monoisotopic (exact) mass is 323 g/mol. The molecule has 6 nitrogen and oxygen atoms in total. The van der Waals surface area contributed by atoms with Gasteiger partial charge < -0.3 is 10.2 Å². The van der Waals surface area contributed by atoms with Gasteiger partial charge in [0.15, 0.2) is 5.69 Å². The number of likely N-dealkylation sites (N-methyl/N-ethyl adjacent to an activating group) is 2. The number of halogens is 1. The Hall–Kier alpha value is -1.92. The van der Waals surface area contributed by atoms with Gasteiger partial charge in [-0.1, -0.05) is 22.9 Å².